The van der Waals surface area contributed by atoms with Crippen molar-refractivity contribution in [2.75, 3.05) is 26.2 Å². The molecule has 1 saturated heterocycles. The molecule has 0 amide bonds. The second-order valence-electron chi connectivity index (χ2n) is 6.20. The van der Waals surface area contributed by atoms with Gasteiger partial charge in [0.2, 0.25) is 0 Å². The number of morpholine rings is 1. The molecule has 0 radical (unpaired) electrons. The molecule has 2 atom stereocenters. The Morgan fingerprint density at radius 2 is 1.90 bits per heavy atom. The molecule has 1 fully saturated rings. The summed E-state index contributed by atoms with van der Waals surface area (Å²) in [5.74, 6) is 0.927. The van der Waals surface area contributed by atoms with E-state index in [1.54, 1.807) is 0 Å². The second kappa shape index (κ2) is 7.92. The lowest BCUT2D eigenvalue weighted by Gasteiger charge is -2.35. The van der Waals surface area contributed by atoms with Crippen LogP contribution in [-0.4, -0.2) is 48.4 Å². The minimum atomic E-state index is 0.367. The van der Waals surface area contributed by atoms with Gasteiger partial charge in [0.15, 0.2) is 0 Å². The first-order chi connectivity index (χ1) is 10.1. The predicted molar refractivity (Wildman–Crippen MR) is 83.4 cm³/mol. The van der Waals surface area contributed by atoms with Crippen molar-refractivity contribution in [2.45, 2.75) is 59.3 Å². The number of nitrogens with zero attached hydrogens (tertiary/aromatic N) is 2. The van der Waals surface area contributed by atoms with E-state index in [2.05, 4.69) is 29.2 Å². The molecule has 0 spiro atoms. The highest BCUT2D eigenvalue weighted by molar-refractivity contribution is 5.20. The Bertz CT molecular complexity index is 404. The third-order valence-corrected chi connectivity index (χ3v) is 4.06. The molecular formula is C16H29N3O2. The van der Waals surface area contributed by atoms with Crippen LogP contribution in [0.3, 0.4) is 0 Å². The van der Waals surface area contributed by atoms with Crippen molar-refractivity contribution in [1.29, 1.82) is 0 Å². The van der Waals surface area contributed by atoms with Crippen LogP contribution in [0, 0.1) is 13.8 Å². The Morgan fingerprint density at radius 3 is 2.52 bits per heavy atom. The van der Waals surface area contributed by atoms with E-state index in [0.29, 0.717) is 12.2 Å². The third kappa shape index (κ3) is 5.09. The number of hydrogen-bond acceptors (Lipinski definition) is 5. The molecule has 1 aromatic heterocycles. The minimum Gasteiger partial charge on any atom is -0.373 e. The van der Waals surface area contributed by atoms with Crippen molar-refractivity contribution >= 4 is 0 Å². The standard InChI is InChI=1S/C16H29N3O2/c1-12-10-19(11-13(2)20-12)8-6-5-7-17-9-16-14(3)18-21-15(16)4/h12-13,17H,5-11H2,1-4H3. The molecule has 2 heterocycles. The highest BCUT2D eigenvalue weighted by atomic mass is 16.5. The number of aromatic nitrogens is 1. The monoisotopic (exact) mass is 295 g/mol. The van der Waals surface area contributed by atoms with Gasteiger partial charge in [0, 0.05) is 25.2 Å². The topological polar surface area (TPSA) is 50.5 Å². The number of rotatable bonds is 7. The summed E-state index contributed by atoms with van der Waals surface area (Å²) < 4.78 is 10.9. The molecule has 2 rings (SSSR count). The number of ether oxygens (including phenoxy) is 1. The maximum atomic E-state index is 5.76. The summed E-state index contributed by atoms with van der Waals surface area (Å²) in [6.07, 6.45) is 3.16. The van der Waals surface area contributed by atoms with Crippen LogP contribution in [0.4, 0.5) is 0 Å². The fourth-order valence-electron chi connectivity index (χ4n) is 3.02. The maximum absolute atomic E-state index is 5.76. The zero-order valence-electron chi connectivity index (χ0n) is 13.8. The lowest BCUT2D eigenvalue weighted by Crippen LogP contribution is -2.45. The van der Waals surface area contributed by atoms with Gasteiger partial charge in [-0.05, 0) is 53.6 Å². The molecular weight excluding hydrogens is 266 g/mol. The average Bonchev–Trinajstić information content (AvgIpc) is 2.73. The summed E-state index contributed by atoms with van der Waals surface area (Å²) in [7, 11) is 0. The van der Waals surface area contributed by atoms with Crippen LogP contribution in [0.2, 0.25) is 0 Å². The second-order valence-corrected chi connectivity index (χ2v) is 6.20. The number of unbranched alkanes of at least 4 members (excludes halogenated alkanes) is 1. The highest BCUT2D eigenvalue weighted by Crippen LogP contribution is 2.12. The number of hydrogen-bond donors (Lipinski definition) is 1. The Morgan fingerprint density at radius 1 is 1.19 bits per heavy atom. The molecule has 21 heavy (non-hydrogen) atoms. The Kier molecular flexibility index (Phi) is 6.21. The lowest BCUT2D eigenvalue weighted by atomic mass is 10.2. The summed E-state index contributed by atoms with van der Waals surface area (Å²) in [4.78, 5) is 2.52. The van der Waals surface area contributed by atoms with E-state index in [0.717, 1.165) is 37.6 Å². The van der Waals surface area contributed by atoms with Gasteiger partial charge in [0.25, 0.3) is 0 Å². The zero-order chi connectivity index (χ0) is 15.2. The van der Waals surface area contributed by atoms with Crippen LogP contribution in [0.5, 0.6) is 0 Å². The fraction of sp³-hybridized carbons (Fsp3) is 0.812. The van der Waals surface area contributed by atoms with Crippen LogP contribution in [-0.2, 0) is 11.3 Å². The van der Waals surface area contributed by atoms with Gasteiger partial charge in [0.1, 0.15) is 5.76 Å². The van der Waals surface area contributed by atoms with Gasteiger partial charge in [0.05, 0.1) is 17.9 Å². The summed E-state index contributed by atoms with van der Waals surface area (Å²) in [5, 5.41) is 7.45. The summed E-state index contributed by atoms with van der Waals surface area (Å²) >= 11 is 0. The van der Waals surface area contributed by atoms with Gasteiger partial charge in [-0.15, -0.1) is 0 Å². The minimum absolute atomic E-state index is 0.367. The molecule has 0 aromatic carbocycles. The Balaban J connectivity index is 1.56. The van der Waals surface area contributed by atoms with Crippen molar-refractivity contribution in [3.8, 4) is 0 Å². The highest BCUT2D eigenvalue weighted by Gasteiger charge is 2.21. The SMILES string of the molecule is Cc1noc(C)c1CNCCCCN1CC(C)OC(C)C1. The van der Waals surface area contributed by atoms with E-state index in [9.17, 15) is 0 Å². The van der Waals surface area contributed by atoms with Gasteiger partial charge in [-0.25, -0.2) is 0 Å². The van der Waals surface area contributed by atoms with E-state index in [4.69, 9.17) is 9.26 Å². The lowest BCUT2D eigenvalue weighted by molar-refractivity contribution is -0.0681. The molecule has 1 N–H and O–H groups in total. The van der Waals surface area contributed by atoms with Crippen LogP contribution in [0.1, 0.15) is 43.7 Å². The first-order valence-electron chi connectivity index (χ1n) is 8.06. The molecule has 1 aliphatic heterocycles. The Hall–Kier alpha value is -0.910. The fourth-order valence-corrected chi connectivity index (χ4v) is 3.02. The van der Waals surface area contributed by atoms with E-state index < -0.39 is 0 Å². The summed E-state index contributed by atoms with van der Waals surface area (Å²) in [6, 6.07) is 0. The van der Waals surface area contributed by atoms with E-state index >= 15 is 0 Å². The predicted octanol–water partition coefficient (Wildman–Crippen LogP) is 2.27. The smallest absolute Gasteiger partial charge is 0.138 e. The van der Waals surface area contributed by atoms with Gasteiger partial charge in [-0.3, -0.25) is 4.90 Å². The number of aryl methyl sites for hydroxylation is 2. The van der Waals surface area contributed by atoms with E-state index in [-0.39, 0.29) is 0 Å². The molecule has 5 nitrogen and oxygen atoms in total. The molecule has 1 aliphatic rings. The normalized spacial score (nSPS) is 23.6. The van der Waals surface area contributed by atoms with Gasteiger partial charge < -0.3 is 14.6 Å². The molecule has 0 bridgehead atoms. The molecule has 120 valence electrons. The Labute approximate surface area is 128 Å². The first-order valence-corrected chi connectivity index (χ1v) is 8.06. The molecule has 0 aliphatic carbocycles. The number of nitrogens with one attached hydrogen (secondary N) is 1. The zero-order valence-corrected chi connectivity index (χ0v) is 13.8. The van der Waals surface area contributed by atoms with Crippen molar-refractivity contribution in [2.24, 2.45) is 0 Å². The van der Waals surface area contributed by atoms with Crippen LogP contribution < -0.4 is 5.32 Å². The third-order valence-electron chi connectivity index (χ3n) is 4.06. The molecule has 5 heteroatoms. The van der Waals surface area contributed by atoms with Crippen LogP contribution in [0.25, 0.3) is 0 Å². The van der Waals surface area contributed by atoms with Crippen LogP contribution >= 0.6 is 0 Å². The van der Waals surface area contributed by atoms with E-state index in [1.807, 2.05) is 13.8 Å². The van der Waals surface area contributed by atoms with Crippen molar-refractivity contribution in [3.63, 3.8) is 0 Å². The molecule has 1 aromatic rings. The average molecular weight is 295 g/mol. The van der Waals surface area contributed by atoms with Gasteiger partial charge in [-0.1, -0.05) is 5.16 Å². The van der Waals surface area contributed by atoms with E-state index in [1.165, 1.54) is 24.9 Å². The summed E-state index contributed by atoms with van der Waals surface area (Å²) in [6.45, 7) is 13.5. The van der Waals surface area contributed by atoms with Crippen LogP contribution in [0.15, 0.2) is 4.52 Å². The molecule has 0 saturated carbocycles. The summed E-state index contributed by atoms with van der Waals surface area (Å²) in [5.41, 5.74) is 2.20. The first kappa shape index (κ1) is 16.5. The molecule has 2 unspecified atom stereocenters. The largest absolute Gasteiger partial charge is 0.373 e. The van der Waals surface area contributed by atoms with Crippen molar-refractivity contribution in [3.05, 3.63) is 17.0 Å². The maximum Gasteiger partial charge on any atom is 0.138 e. The van der Waals surface area contributed by atoms with Crippen molar-refractivity contribution < 1.29 is 9.26 Å². The van der Waals surface area contributed by atoms with Gasteiger partial charge in [-0.2, -0.15) is 0 Å². The van der Waals surface area contributed by atoms with Crippen molar-refractivity contribution in [1.82, 2.24) is 15.4 Å². The van der Waals surface area contributed by atoms with Gasteiger partial charge >= 0.3 is 0 Å². The quantitative estimate of drug-likeness (QED) is 0.782.